The van der Waals surface area contributed by atoms with Gasteiger partial charge in [0.2, 0.25) is 0 Å². The molecule has 0 bridgehead atoms. The van der Waals surface area contributed by atoms with Crippen molar-refractivity contribution in [2.24, 2.45) is 0 Å². The van der Waals surface area contributed by atoms with Crippen LogP contribution in [-0.2, 0) is 0 Å². The molecule has 3 N–H and O–H groups in total. The number of likely N-dealkylation sites (tertiary alicyclic amines) is 1. The molecule has 1 saturated heterocycles. The number of nitrogens with zero attached hydrogens (tertiary/aromatic N) is 2. The minimum absolute atomic E-state index is 0.206. The lowest BCUT2D eigenvalue weighted by atomic mass is 10.3. The number of rotatable bonds is 8. The zero-order valence-corrected chi connectivity index (χ0v) is 17.2. The van der Waals surface area contributed by atoms with Gasteiger partial charge in [0.1, 0.15) is 11.6 Å². The second kappa shape index (κ2) is 11.3. The number of carbonyl (C=O) groups is 2. The monoisotopic (exact) mass is 431 g/mol. The molecule has 1 fully saturated rings. The van der Waals surface area contributed by atoms with E-state index >= 15 is 0 Å². The van der Waals surface area contributed by atoms with Gasteiger partial charge in [-0.2, -0.15) is 0 Å². The third-order valence-corrected chi connectivity index (χ3v) is 5.00. The number of anilines is 2. The van der Waals surface area contributed by atoms with E-state index in [9.17, 15) is 18.4 Å². The van der Waals surface area contributed by atoms with Crippen LogP contribution in [0.3, 0.4) is 0 Å². The molecule has 3 rings (SSSR count). The highest BCUT2D eigenvalue weighted by molar-refractivity contribution is 5.90. The first-order valence-electron chi connectivity index (χ1n) is 10.3. The average molecular weight is 431 g/mol. The molecular weight excluding hydrogens is 404 g/mol. The van der Waals surface area contributed by atoms with Crippen LogP contribution in [0.1, 0.15) is 12.8 Å². The fraction of sp³-hybridized carbons (Fsp3) is 0.364. The molecule has 1 aliphatic rings. The molecule has 0 spiro atoms. The van der Waals surface area contributed by atoms with Gasteiger partial charge in [0.25, 0.3) is 0 Å². The van der Waals surface area contributed by atoms with Crippen molar-refractivity contribution < 1.29 is 18.4 Å². The molecule has 1 aliphatic heterocycles. The van der Waals surface area contributed by atoms with Crippen LogP contribution in [-0.4, -0.2) is 61.1 Å². The minimum Gasteiger partial charge on any atom is -0.336 e. The number of nitrogens with one attached hydrogen (secondary N) is 3. The minimum atomic E-state index is -0.490. The Kier molecular flexibility index (Phi) is 8.17. The number of benzene rings is 2. The van der Waals surface area contributed by atoms with Crippen molar-refractivity contribution in [3.8, 4) is 0 Å². The summed E-state index contributed by atoms with van der Waals surface area (Å²) in [7, 11) is 0. The van der Waals surface area contributed by atoms with E-state index < -0.39 is 17.7 Å². The Morgan fingerprint density at radius 3 is 2.13 bits per heavy atom. The lowest BCUT2D eigenvalue weighted by molar-refractivity contribution is 0.200. The Bertz CT molecular complexity index is 890. The Hall–Kier alpha value is -3.20. The van der Waals surface area contributed by atoms with Crippen LogP contribution < -0.4 is 16.0 Å². The van der Waals surface area contributed by atoms with Crippen LogP contribution in [0, 0.1) is 11.6 Å². The van der Waals surface area contributed by atoms with Gasteiger partial charge in [-0.05, 0) is 62.3 Å². The average Bonchev–Trinajstić information content (AvgIpc) is 3.24. The third kappa shape index (κ3) is 7.53. The SMILES string of the molecule is O=C(NCCN(CCN1CCCC1)C(=O)Nc1cccc(F)c1)Nc1cccc(F)c1. The number of halogens is 2. The number of urea groups is 2. The number of carbonyl (C=O) groups excluding carboxylic acids is 2. The Labute approximate surface area is 180 Å². The lowest BCUT2D eigenvalue weighted by Gasteiger charge is -2.26. The zero-order valence-electron chi connectivity index (χ0n) is 17.2. The zero-order chi connectivity index (χ0) is 22.1. The predicted octanol–water partition coefficient (Wildman–Crippen LogP) is 3.72. The summed E-state index contributed by atoms with van der Waals surface area (Å²) in [6, 6.07) is 10.4. The fourth-order valence-corrected chi connectivity index (χ4v) is 3.40. The molecule has 0 unspecified atom stereocenters. The van der Waals surface area contributed by atoms with Crippen LogP contribution in [0.15, 0.2) is 48.5 Å². The molecule has 0 aromatic heterocycles. The second-order valence-electron chi connectivity index (χ2n) is 7.37. The quantitative estimate of drug-likeness (QED) is 0.596. The van der Waals surface area contributed by atoms with Gasteiger partial charge in [-0.25, -0.2) is 18.4 Å². The molecule has 0 aliphatic carbocycles. The van der Waals surface area contributed by atoms with Crippen molar-refractivity contribution in [1.29, 1.82) is 0 Å². The van der Waals surface area contributed by atoms with E-state index in [-0.39, 0.29) is 19.1 Å². The van der Waals surface area contributed by atoms with Crippen LogP contribution >= 0.6 is 0 Å². The molecule has 0 atom stereocenters. The second-order valence-corrected chi connectivity index (χ2v) is 7.37. The van der Waals surface area contributed by atoms with Crippen LogP contribution in [0.5, 0.6) is 0 Å². The summed E-state index contributed by atoms with van der Waals surface area (Å²) in [5, 5.41) is 7.92. The summed E-state index contributed by atoms with van der Waals surface area (Å²) in [5.41, 5.74) is 0.709. The van der Waals surface area contributed by atoms with Gasteiger partial charge in [-0.3, -0.25) is 0 Å². The van der Waals surface area contributed by atoms with Gasteiger partial charge in [-0.1, -0.05) is 12.1 Å². The molecular formula is C22H27F2N5O2. The van der Waals surface area contributed by atoms with Crippen LogP contribution in [0.2, 0.25) is 0 Å². The van der Waals surface area contributed by atoms with Crippen molar-refractivity contribution in [2.45, 2.75) is 12.8 Å². The van der Waals surface area contributed by atoms with E-state index in [1.165, 1.54) is 36.4 Å². The molecule has 4 amide bonds. The van der Waals surface area contributed by atoms with E-state index in [1.807, 2.05) is 0 Å². The number of hydrogen-bond acceptors (Lipinski definition) is 3. The first-order valence-corrected chi connectivity index (χ1v) is 10.3. The number of hydrogen-bond donors (Lipinski definition) is 3. The molecule has 9 heteroatoms. The maximum absolute atomic E-state index is 13.4. The molecule has 166 valence electrons. The molecule has 1 heterocycles. The fourth-order valence-electron chi connectivity index (χ4n) is 3.40. The van der Waals surface area contributed by atoms with E-state index in [4.69, 9.17) is 0 Å². The van der Waals surface area contributed by atoms with Gasteiger partial charge in [0.05, 0.1) is 0 Å². The molecule has 0 saturated carbocycles. The lowest BCUT2D eigenvalue weighted by Crippen LogP contribution is -2.44. The Morgan fingerprint density at radius 2 is 1.52 bits per heavy atom. The van der Waals surface area contributed by atoms with Crippen LogP contribution in [0.4, 0.5) is 29.7 Å². The smallest absolute Gasteiger partial charge is 0.321 e. The van der Waals surface area contributed by atoms with Gasteiger partial charge in [-0.15, -0.1) is 0 Å². The van der Waals surface area contributed by atoms with Crippen molar-refractivity contribution in [2.75, 3.05) is 49.9 Å². The van der Waals surface area contributed by atoms with E-state index in [1.54, 1.807) is 17.0 Å². The predicted molar refractivity (Wildman–Crippen MR) is 116 cm³/mol. The topological polar surface area (TPSA) is 76.7 Å². The van der Waals surface area contributed by atoms with Gasteiger partial charge in [0.15, 0.2) is 0 Å². The van der Waals surface area contributed by atoms with E-state index in [0.717, 1.165) is 32.5 Å². The first kappa shape index (κ1) is 22.5. The molecule has 2 aromatic carbocycles. The van der Waals surface area contributed by atoms with Crippen molar-refractivity contribution in [1.82, 2.24) is 15.1 Å². The highest BCUT2D eigenvalue weighted by atomic mass is 19.1. The Morgan fingerprint density at radius 1 is 0.903 bits per heavy atom. The summed E-state index contributed by atoms with van der Waals surface area (Å²) in [6.45, 7) is 3.70. The molecule has 7 nitrogen and oxygen atoms in total. The maximum Gasteiger partial charge on any atom is 0.321 e. The standard InChI is InChI=1S/C22H27F2N5O2/c23-17-5-3-7-19(15-17)26-21(30)25-9-12-29(14-13-28-10-1-2-11-28)22(31)27-20-8-4-6-18(24)16-20/h3-8,15-16H,1-2,9-14H2,(H,27,31)(H2,25,26,30). The molecule has 2 aromatic rings. The summed E-state index contributed by atoms with van der Waals surface area (Å²) < 4.78 is 26.6. The van der Waals surface area contributed by atoms with E-state index in [2.05, 4.69) is 20.9 Å². The third-order valence-electron chi connectivity index (χ3n) is 5.00. The van der Waals surface area contributed by atoms with Gasteiger partial charge < -0.3 is 25.8 Å². The highest BCUT2D eigenvalue weighted by Gasteiger charge is 2.18. The van der Waals surface area contributed by atoms with Gasteiger partial charge >= 0.3 is 12.1 Å². The summed E-state index contributed by atoms with van der Waals surface area (Å²) >= 11 is 0. The molecule has 0 radical (unpaired) electrons. The summed E-state index contributed by atoms with van der Waals surface area (Å²) in [6.07, 6.45) is 2.30. The highest BCUT2D eigenvalue weighted by Crippen LogP contribution is 2.11. The van der Waals surface area contributed by atoms with Gasteiger partial charge in [0, 0.05) is 37.6 Å². The number of amides is 4. The normalized spacial score (nSPS) is 13.6. The van der Waals surface area contributed by atoms with Crippen molar-refractivity contribution >= 4 is 23.4 Å². The maximum atomic E-state index is 13.4. The van der Waals surface area contributed by atoms with Crippen molar-refractivity contribution in [3.63, 3.8) is 0 Å². The Balaban J connectivity index is 1.52. The first-order chi connectivity index (χ1) is 15.0. The molecule has 31 heavy (non-hydrogen) atoms. The van der Waals surface area contributed by atoms with Crippen molar-refractivity contribution in [3.05, 3.63) is 60.2 Å². The summed E-state index contributed by atoms with van der Waals surface area (Å²) in [4.78, 5) is 28.7. The summed E-state index contributed by atoms with van der Waals surface area (Å²) in [5.74, 6) is -0.878. The largest absolute Gasteiger partial charge is 0.336 e. The van der Waals surface area contributed by atoms with Crippen LogP contribution in [0.25, 0.3) is 0 Å². The van der Waals surface area contributed by atoms with E-state index in [0.29, 0.717) is 17.9 Å².